The maximum Gasteiger partial charge on any atom is 0.315 e. The summed E-state index contributed by atoms with van der Waals surface area (Å²) in [6.45, 7) is 4.95. The lowest BCUT2D eigenvalue weighted by Gasteiger charge is -2.19. The molecule has 130 valence electrons. The van der Waals surface area contributed by atoms with Crippen LogP contribution < -0.4 is 10.6 Å². The van der Waals surface area contributed by atoms with Crippen LogP contribution in [0.1, 0.15) is 41.5 Å². The molecule has 0 aliphatic rings. The van der Waals surface area contributed by atoms with Gasteiger partial charge in [-0.25, -0.2) is 4.79 Å². The van der Waals surface area contributed by atoms with Crippen LogP contribution in [-0.4, -0.2) is 23.8 Å². The average molecular weight is 346 g/mol. The van der Waals surface area contributed by atoms with E-state index in [-0.39, 0.29) is 11.9 Å². The molecule has 0 radical (unpaired) electrons. The normalized spacial score (nSPS) is 13.3. The highest BCUT2D eigenvalue weighted by Crippen LogP contribution is 2.20. The Morgan fingerprint density at radius 2 is 1.83 bits per heavy atom. The van der Waals surface area contributed by atoms with Crippen LogP contribution in [-0.2, 0) is 13.0 Å². The third-order valence-electron chi connectivity index (χ3n) is 3.89. The summed E-state index contributed by atoms with van der Waals surface area (Å²) in [5, 5.41) is 15.5. The highest BCUT2D eigenvalue weighted by atomic mass is 32.1. The number of carbonyl (C=O) groups is 1. The molecule has 2 rings (SSSR count). The van der Waals surface area contributed by atoms with Crippen LogP contribution in [0.2, 0.25) is 0 Å². The molecule has 2 atom stereocenters. The first-order valence-corrected chi connectivity index (χ1v) is 9.22. The second kappa shape index (κ2) is 9.45. The zero-order valence-corrected chi connectivity index (χ0v) is 15.1. The van der Waals surface area contributed by atoms with Gasteiger partial charge in [0.2, 0.25) is 0 Å². The first-order chi connectivity index (χ1) is 11.6. The largest absolute Gasteiger partial charge is 0.393 e. The lowest BCUT2D eigenvalue weighted by atomic mass is 9.93. The molecule has 5 heteroatoms. The summed E-state index contributed by atoms with van der Waals surface area (Å²) in [7, 11) is 0. The van der Waals surface area contributed by atoms with Crippen molar-refractivity contribution in [3.05, 3.63) is 57.8 Å². The summed E-state index contributed by atoms with van der Waals surface area (Å²) in [4.78, 5) is 14.5. The highest BCUT2D eigenvalue weighted by Gasteiger charge is 2.15. The van der Waals surface area contributed by atoms with Gasteiger partial charge in [0, 0.05) is 22.2 Å². The molecule has 2 aromatic rings. The predicted molar refractivity (Wildman–Crippen MR) is 99.4 cm³/mol. The van der Waals surface area contributed by atoms with Crippen molar-refractivity contribution in [3.8, 4) is 0 Å². The molecule has 0 aliphatic carbocycles. The minimum Gasteiger partial charge on any atom is -0.393 e. The summed E-state index contributed by atoms with van der Waals surface area (Å²) in [5.41, 5.74) is 1.13. The minimum absolute atomic E-state index is 0.102. The van der Waals surface area contributed by atoms with Crippen molar-refractivity contribution in [1.82, 2.24) is 10.6 Å². The molecular weight excluding hydrogens is 320 g/mol. The lowest BCUT2D eigenvalue weighted by Crippen LogP contribution is -2.37. The molecule has 1 aromatic heterocycles. The zero-order chi connectivity index (χ0) is 17.4. The Labute approximate surface area is 147 Å². The number of benzene rings is 1. The molecule has 1 heterocycles. The number of nitrogens with one attached hydrogen (secondary N) is 2. The third-order valence-corrected chi connectivity index (χ3v) is 5.12. The van der Waals surface area contributed by atoms with Gasteiger partial charge in [-0.2, -0.15) is 0 Å². The summed E-state index contributed by atoms with van der Waals surface area (Å²) >= 11 is 1.73. The molecule has 0 spiro atoms. The molecule has 0 bridgehead atoms. The van der Waals surface area contributed by atoms with Gasteiger partial charge < -0.3 is 15.7 Å². The van der Waals surface area contributed by atoms with E-state index < -0.39 is 6.10 Å². The minimum atomic E-state index is -0.404. The van der Waals surface area contributed by atoms with Crippen molar-refractivity contribution in [2.45, 2.75) is 45.3 Å². The van der Waals surface area contributed by atoms with Crippen molar-refractivity contribution < 1.29 is 9.90 Å². The van der Waals surface area contributed by atoms with Gasteiger partial charge in [-0.1, -0.05) is 37.3 Å². The van der Waals surface area contributed by atoms with Crippen molar-refractivity contribution in [3.63, 3.8) is 0 Å². The zero-order valence-electron chi connectivity index (χ0n) is 14.3. The number of rotatable bonds is 8. The maximum atomic E-state index is 12.0. The van der Waals surface area contributed by atoms with E-state index in [4.69, 9.17) is 0 Å². The van der Waals surface area contributed by atoms with Crippen molar-refractivity contribution in [2.75, 3.05) is 6.54 Å². The highest BCUT2D eigenvalue weighted by molar-refractivity contribution is 7.11. The van der Waals surface area contributed by atoms with Gasteiger partial charge in [0.05, 0.1) is 12.6 Å². The van der Waals surface area contributed by atoms with E-state index in [1.54, 1.807) is 18.3 Å². The Hall–Kier alpha value is -1.85. The fourth-order valence-electron chi connectivity index (χ4n) is 2.63. The van der Waals surface area contributed by atoms with Gasteiger partial charge in [0.25, 0.3) is 0 Å². The molecule has 3 N–H and O–H groups in total. The van der Waals surface area contributed by atoms with Crippen LogP contribution in [0.4, 0.5) is 4.79 Å². The molecule has 24 heavy (non-hydrogen) atoms. The number of amides is 2. The summed E-state index contributed by atoms with van der Waals surface area (Å²) in [6, 6.07) is 14.0. The van der Waals surface area contributed by atoms with Gasteiger partial charge in [-0.05, 0) is 37.5 Å². The fraction of sp³-hybridized carbons (Fsp3) is 0.421. The Balaban J connectivity index is 1.83. The van der Waals surface area contributed by atoms with Crippen LogP contribution in [0, 0.1) is 0 Å². The van der Waals surface area contributed by atoms with E-state index in [2.05, 4.69) is 29.7 Å². The Kier molecular flexibility index (Phi) is 7.28. The molecule has 2 unspecified atom stereocenters. The van der Waals surface area contributed by atoms with Gasteiger partial charge in [0.15, 0.2) is 0 Å². The Morgan fingerprint density at radius 1 is 1.12 bits per heavy atom. The average Bonchev–Trinajstić information content (AvgIpc) is 3.05. The van der Waals surface area contributed by atoms with Crippen molar-refractivity contribution in [2.24, 2.45) is 0 Å². The van der Waals surface area contributed by atoms with E-state index in [0.717, 1.165) is 16.9 Å². The second-order valence-electron chi connectivity index (χ2n) is 5.98. The topological polar surface area (TPSA) is 61.4 Å². The quantitative estimate of drug-likeness (QED) is 0.683. The molecule has 4 nitrogen and oxygen atoms in total. The number of carbonyl (C=O) groups excluding carboxylic acids is 1. The van der Waals surface area contributed by atoms with Crippen molar-refractivity contribution >= 4 is 17.4 Å². The number of hydrogen-bond acceptors (Lipinski definition) is 3. The van der Waals surface area contributed by atoms with Crippen LogP contribution in [0.15, 0.2) is 42.5 Å². The maximum absolute atomic E-state index is 12.0. The predicted octanol–water partition coefficient (Wildman–Crippen LogP) is 3.66. The monoisotopic (exact) mass is 346 g/mol. The van der Waals surface area contributed by atoms with Crippen LogP contribution in [0.25, 0.3) is 0 Å². The van der Waals surface area contributed by atoms with E-state index in [0.29, 0.717) is 19.5 Å². The van der Waals surface area contributed by atoms with Gasteiger partial charge in [0.1, 0.15) is 0 Å². The summed E-state index contributed by atoms with van der Waals surface area (Å²) in [5.74, 6) is 0.102. The first kappa shape index (κ1) is 18.5. The number of aliphatic hydroxyl groups excluding tert-OH is 1. The van der Waals surface area contributed by atoms with Gasteiger partial charge in [-0.15, -0.1) is 11.3 Å². The third kappa shape index (κ3) is 5.98. The molecule has 2 amide bonds. The van der Waals surface area contributed by atoms with Crippen molar-refractivity contribution in [1.29, 1.82) is 0 Å². The molecule has 0 fully saturated rings. The number of urea groups is 1. The SMILES string of the molecule is CCc1ccc(CNC(=O)NCC(CC(C)O)c2ccccc2)s1. The van der Waals surface area contributed by atoms with Gasteiger partial charge in [-0.3, -0.25) is 0 Å². The molecule has 0 saturated carbocycles. The molecular formula is C19H26N2O2S. The Bertz CT molecular complexity index is 625. The van der Waals surface area contributed by atoms with Crippen LogP contribution in [0.3, 0.4) is 0 Å². The molecule has 1 aromatic carbocycles. The second-order valence-corrected chi connectivity index (χ2v) is 7.23. The van der Waals surface area contributed by atoms with Gasteiger partial charge >= 0.3 is 6.03 Å². The van der Waals surface area contributed by atoms with E-state index >= 15 is 0 Å². The standard InChI is InChI=1S/C19H26N2O2S/c1-3-17-9-10-18(24-17)13-21-19(23)20-12-16(11-14(2)22)15-7-5-4-6-8-15/h4-10,14,16,22H,3,11-13H2,1-2H3,(H2,20,21,23). The number of aryl methyl sites for hydroxylation is 1. The molecule has 0 saturated heterocycles. The lowest BCUT2D eigenvalue weighted by molar-refractivity contribution is 0.173. The van der Waals surface area contributed by atoms with E-state index in [1.807, 2.05) is 30.3 Å². The van der Waals surface area contributed by atoms with Crippen LogP contribution >= 0.6 is 11.3 Å². The fourth-order valence-corrected chi connectivity index (χ4v) is 3.52. The Morgan fingerprint density at radius 3 is 2.46 bits per heavy atom. The first-order valence-electron chi connectivity index (χ1n) is 8.40. The smallest absolute Gasteiger partial charge is 0.315 e. The number of hydrogen-bond donors (Lipinski definition) is 3. The summed E-state index contributed by atoms with van der Waals surface area (Å²) in [6.07, 6.45) is 1.24. The number of thiophene rings is 1. The summed E-state index contributed by atoms with van der Waals surface area (Å²) < 4.78 is 0. The van der Waals surface area contributed by atoms with E-state index in [9.17, 15) is 9.90 Å². The van der Waals surface area contributed by atoms with E-state index in [1.165, 1.54) is 4.88 Å². The number of aliphatic hydroxyl groups is 1. The van der Waals surface area contributed by atoms with Crippen LogP contribution in [0.5, 0.6) is 0 Å². The molecule has 0 aliphatic heterocycles.